The molecule has 1 aliphatic heterocycles. The zero-order chi connectivity index (χ0) is 18.9. The third-order valence-electron chi connectivity index (χ3n) is 4.65. The summed E-state index contributed by atoms with van der Waals surface area (Å²) in [7, 11) is 3.68. The van der Waals surface area contributed by atoms with Crippen LogP contribution in [-0.4, -0.2) is 40.1 Å². The molecule has 0 saturated heterocycles. The van der Waals surface area contributed by atoms with Crippen LogP contribution in [0.15, 0.2) is 11.6 Å². The highest BCUT2D eigenvalue weighted by molar-refractivity contribution is 7.09. The second-order valence-electron chi connectivity index (χ2n) is 6.85. The van der Waals surface area contributed by atoms with E-state index in [0.29, 0.717) is 31.3 Å². The lowest BCUT2D eigenvalue weighted by Crippen LogP contribution is -2.31. The molecule has 0 fully saturated rings. The Labute approximate surface area is 154 Å². The first-order valence-corrected chi connectivity index (χ1v) is 9.43. The van der Waals surface area contributed by atoms with Gasteiger partial charge in [-0.25, -0.2) is 9.97 Å². The topological polar surface area (TPSA) is 43.2 Å². The molecular formula is C17H23F3N4OS. The predicted molar refractivity (Wildman–Crippen MR) is 92.9 cm³/mol. The van der Waals surface area contributed by atoms with Crippen molar-refractivity contribution in [1.82, 2.24) is 19.4 Å². The first kappa shape index (κ1) is 19.3. The van der Waals surface area contributed by atoms with Gasteiger partial charge in [-0.05, 0) is 26.3 Å². The Balaban J connectivity index is 1.56. The van der Waals surface area contributed by atoms with Crippen LogP contribution in [0.3, 0.4) is 0 Å². The van der Waals surface area contributed by atoms with Crippen molar-refractivity contribution in [2.24, 2.45) is 5.92 Å². The van der Waals surface area contributed by atoms with E-state index in [9.17, 15) is 13.2 Å². The van der Waals surface area contributed by atoms with Gasteiger partial charge in [-0.3, -0.25) is 0 Å². The fraction of sp³-hybridized carbons (Fsp3) is 0.647. The minimum absolute atomic E-state index is 0.0140. The number of rotatable bonds is 6. The summed E-state index contributed by atoms with van der Waals surface area (Å²) in [5.41, 5.74) is 0.207. The van der Waals surface area contributed by atoms with Crippen molar-refractivity contribution in [3.8, 4) is 0 Å². The van der Waals surface area contributed by atoms with Crippen molar-refractivity contribution in [2.45, 2.75) is 45.1 Å². The van der Waals surface area contributed by atoms with Crippen LogP contribution < -0.4 is 0 Å². The Morgan fingerprint density at radius 3 is 2.88 bits per heavy atom. The van der Waals surface area contributed by atoms with E-state index in [-0.39, 0.29) is 6.10 Å². The van der Waals surface area contributed by atoms with Gasteiger partial charge in [-0.1, -0.05) is 0 Å². The highest BCUT2D eigenvalue weighted by atomic mass is 32.1. The predicted octanol–water partition coefficient (Wildman–Crippen LogP) is 3.76. The lowest BCUT2D eigenvalue weighted by molar-refractivity contribution is -0.141. The van der Waals surface area contributed by atoms with Crippen LogP contribution in [-0.2, 0) is 30.4 Å². The minimum atomic E-state index is -4.38. The third kappa shape index (κ3) is 4.44. The van der Waals surface area contributed by atoms with Crippen molar-refractivity contribution < 1.29 is 17.9 Å². The maximum Gasteiger partial charge on any atom is 0.434 e. The Morgan fingerprint density at radius 2 is 2.19 bits per heavy atom. The van der Waals surface area contributed by atoms with E-state index in [1.807, 2.05) is 19.4 Å². The monoisotopic (exact) mass is 388 g/mol. The highest BCUT2D eigenvalue weighted by Crippen LogP contribution is 2.31. The number of halogens is 3. The number of hydrogen-bond donors (Lipinski definition) is 0. The fourth-order valence-electron chi connectivity index (χ4n) is 3.26. The Morgan fingerprint density at radius 1 is 1.42 bits per heavy atom. The molecule has 2 aromatic rings. The van der Waals surface area contributed by atoms with Gasteiger partial charge in [-0.2, -0.15) is 13.2 Å². The fourth-order valence-corrected chi connectivity index (χ4v) is 4.11. The molecule has 0 N–H and O–H groups in total. The van der Waals surface area contributed by atoms with Gasteiger partial charge < -0.3 is 14.2 Å². The molecule has 26 heavy (non-hydrogen) atoms. The van der Waals surface area contributed by atoms with Crippen LogP contribution >= 0.6 is 11.3 Å². The first-order valence-electron chi connectivity index (χ1n) is 8.55. The smallest absolute Gasteiger partial charge is 0.375 e. The molecule has 3 rings (SSSR count). The number of hydrogen-bond acceptors (Lipinski definition) is 5. The molecular weight excluding hydrogens is 365 g/mol. The van der Waals surface area contributed by atoms with Crippen LogP contribution in [0.25, 0.3) is 0 Å². The number of nitrogens with zero attached hydrogens (tertiary/aromatic N) is 4. The number of thiazole rings is 1. The third-order valence-corrected chi connectivity index (χ3v) is 5.71. The van der Waals surface area contributed by atoms with E-state index in [0.717, 1.165) is 29.9 Å². The van der Waals surface area contributed by atoms with Gasteiger partial charge in [0.05, 0.1) is 5.69 Å². The van der Waals surface area contributed by atoms with Crippen molar-refractivity contribution in [3.05, 3.63) is 33.8 Å². The van der Waals surface area contributed by atoms with Crippen LogP contribution in [0.4, 0.5) is 13.2 Å². The average Bonchev–Trinajstić information content (AvgIpc) is 3.20. The van der Waals surface area contributed by atoms with E-state index < -0.39 is 11.9 Å². The quantitative estimate of drug-likeness (QED) is 0.756. The molecule has 2 unspecified atom stereocenters. The summed E-state index contributed by atoms with van der Waals surface area (Å²) in [6.07, 6.45) is -1.82. The van der Waals surface area contributed by atoms with Crippen LogP contribution in [0.1, 0.15) is 41.7 Å². The van der Waals surface area contributed by atoms with Gasteiger partial charge in [0.2, 0.25) is 0 Å². The normalized spacial score (nSPS) is 19.0. The Hall–Kier alpha value is -1.45. The number of methoxy groups -OCH3 is 1. The van der Waals surface area contributed by atoms with Crippen molar-refractivity contribution in [2.75, 3.05) is 20.7 Å². The second-order valence-corrected chi connectivity index (χ2v) is 7.74. The van der Waals surface area contributed by atoms with E-state index in [1.54, 1.807) is 23.0 Å². The summed E-state index contributed by atoms with van der Waals surface area (Å²) in [5, 5.41) is 2.99. The minimum Gasteiger partial charge on any atom is -0.375 e. The van der Waals surface area contributed by atoms with Gasteiger partial charge in [0.1, 0.15) is 16.9 Å². The van der Waals surface area contributed by atoms with E-state index >= 15 is 0 Å². The summed E-state index contributed by atoms with van der Waals surface area (Å²) in [4.78, 5) is 10.5. The van der Waals surface area contributed by atoms with E-state index in [1.165, 1.54) is 0 Å². The summed E-state index contributed by atoms with van der Waals surface area (Å²) < 4.78 is 45.4. The second kappa shape index (κ2) is 7.66. The molecule has 0 radical (unpaired) electrons. The van der Waals surface area contributed by atoms with Crippen molar-refractivity contribution >= 4 is 11.3 Å². The molecule has 0 aliphatic carbocycles. The van der Waals surface area contributed by atoms with Gasteiger partial charge in [0.25, 0.3) is 0 Å². The zero-order valence-electron chi connectivity index (χ0n) is 15.1. The summed E-state index contributed by atoms with van der Waals surface area (Å²) >= 11 is 1.58. The molecule has 0 aromatic carbocycles. The highest BCUT2D eigenvalue weighted by Gasteiger charge is 2.35. The van der Waals surface area contributed by atoms with E-state index in [2.05, 4.69) is 14.9 Å². The van der Waals surface area contributed by atoms with Crippen molar-refractivity contribution in [1.29, 1.82) is 0 Å². The van der Waals surface area contributed by atoms with Gasteiger partial charge in [-0.15, -0.1) is 11.3 Å². The molecule has 144 valence electrons. The van der Waals surface area contributed by atoms with Crippen LogP contribution in [0.2, 0.25) is 0 Å². The Kier molecular flexibility index (Phi) is 5.69. The largest absolute Gasteiger partial charge is 0.434 e. The van der Waals surface area contributed by atoms with Gasteiger partial charge in [0.15, 0.2) is 5.69 Å². The molecule has 0 amide bonds. The lowest BCUT2D eigenvalue weighted by atomic mass is 9.99. The average molecular weight is 388 g/mol. The zero-order valence-corrected chi connectivity index (χ0v) is 15.9. The SMILES string of the molecule is COC(C)c1nc(CN(C)CC2CCc3nc(C(F)(F)F)cn3C2)cs1. The maximum absolute atomic E-state index is 12.8. The number of alkyl halides is 3. The molecule has 0 saturated carbocycles. The number of fused-ring (bicyclic) bond motifs is 1. The number of ether oxygens (including phenoxy) is 1. The summed E-state index contributed by atoms with van der Waals surface area (Å²) in [6.45, 7) is 4.07. The van der Waals surface area contributed by atoms with Gasteiger partial charge in [0, 0.05) is 44.7 Å². The van der Waals surface area contributed by atoms with E-state index in [4.69, 9.17) is 4.74 Å². The molecule has 2 atom stereocenters. The maximum atomic E-state index is 12.8. The number of aryl methyl sites for hydroxylation is 1. The molecule has 5 nitrogen and oxygen atoms in total. The molecule has 9 heteroatoms. The lowest BCUT2D eigenvalue weighted by Gasteiger charge is -2.27. The van der Waals surface area contributed by atoms with Crippen LogP contribution in [0, 0.1) is 5.92 Å². The molecule has 3 heterocycles. The number of imidazole rings is 1. The number of aromatic nitrogens is 3. The molecule has 0 spiro atoms. The first-order chi connectivity index (χ1) is 12.3. The molecule has 1 aliphatic rings. The summed E-state index contributed by atoms with van der Waals surface area (Å²) in [5.74, 6) is 0.840. The summed E-state index contributed by atoms with van der Waals surface area (Å²) in [6, 6.07) is 0. The van der Waals surface area contributed by atoms with Crippen molar-refractivity contribution in [3.63, 3.8) is 0 Å². The Bertz CT molecular complexity index is 743. The van der Waals surface area contributed by atoms with Gasteiger partial charge >= 0.3 is 6.18 Å². The standard InChI is InChI=1S/C17H23F3N4OS/c1-11(25-3)16-21-13(10-26-16)8-23(2)6-12-4-5-15-22-14(17(18,19)20)9-24(15)7-12/h9-12H,4-8H2,1-3H3. The van der Waals surface area contributed by atoms with Crippen LogP contribution in [0.5, 0.6) is 0 Å². The molecule has 2 aromatic heterocycles. The molecule has 0 bridgehead atoms.